The fourth-order valence-corrected chi connectivity index (χ4v) is 2.49. The third kappa shape index (κ3) is 4.92. The van der Waals surface area contributed by atoms with Crippen molar-refractivity contribution in [3.63, 3.8) is 0 Å². The number of methoxy groups -OCH3 is 1. The lowest BCUT2D eigenvalue weighted by molar-refractivity contribution is -0.119. The monoisotopic (exact) mass is 355 g/mol. The molecule has 0 spiro atoms. The predicted octanol–water partition coefficient (Wildman–Crippen LogP) is 3.19. The summed E-state index contributed by atoms with van der Waals surface area (Å²) in [5.74, 6) is -1.55. The zero-order chi connectivity index (χ0) is 19.3. The Balaban J connectivity index is 2.00. The first kappa shape index (κ1) is 19.2. The van der Waals surface area contributed by atoms with Gasteiger partial charge in [-0.3, -0.25) is 4.79 Å². The molecule has 1 N–H and O–H groups in total. The quantitative estimate of drug-likeness (QED) is 0.833. The van der Waals surface area contributed by atoms with Crippen LogP contribution in [0.4, 0.5) is 5.69 Å². The standard InChI is InChI=1S/C20H21NO5/c1-12-7-13(2)9-16(8-12)20(24)26-11-18(22)21-17-10-15(19(23)25-4)6-5-14(17)3/h5-10H,11H2,1-4H3,(H,21,22). The Morgan fingerprint density at radius 1 is 0.885 bits per heavy atom. The van der Waals surface area contributed by atoms with Crippen molar-refractivity contribution < 1.29 is 23.9 Å². The van der Waals surface area contributed by atoms with Crippen molar-refractivity contribution in [2.75, 3.05) is 19.0 Å². The number of amides is 1. The normalized spacial score (nSPS) is 10.2. The van der Waals surface area contributed by atoms with Gasteiger partial charge in [0.2, 0.25) is 0 Å². The number of aryl methyl sites for hydroxylation is 3. The van der Waals surface area contributed by atoms with E-state index in [9.17, 15) is 14.4 Å². The van der Waals surface area contributed by atoms with Gasteiger partial charge in [-0.25, -0.2) is 9.59 Å². The van der Waals surface area contributed by atoms with Gasteiger partial charge >= 0.3 is 11.9 Å². The van der Waals surface area contributed by atoms with E-state index >= 15 is 0 Å². The lowest BCUT2D eigenvalue weighted by Gasteiger charge is -2.11. The largest absolute Gasteiger partial charge is 0.465 e. The van der Waals surface area contributed by atoms with Gasteiger partial charge in [0.1, 0.15) is 0 Å². The van der Waals surface area contributed by atoms with E-state index < -0.39 is 24.5 Å². The maximum atomic E-state index is 12.1. The van der Waals surface area contributed by atoms with Crippen molar-refractivity contribution in [3.05, 3.63) is 64.2 Å². The molecule has 2 aromatic carbocycles. The van der Waals surface area contributed by atoms with Crippen LogP contribution in [0.1, 0.15) is 37.4 Å². The summed E-state index contributed by atoms with van der Waals surface area (Å²) in [7, 11) is 1.28. The predicted molar refractivity (Wildman–Crippen MR) is 97.3 cm³/mol. The van der Waals surface area contributed by atoms with E-state index in [1.54, 1.807) is 31.2 Å². The van der Waals surface area contributed by atoms with Crippen LogP contribution in [0.3, 0.4) is 0 Å². The molecule has 136 valence electrons. The van der Waals surface area contributed by atoms with Gasteiger partial charge in [0.05, 0.1) is 18.2 Å². The number of benzene rings is 2. The Kier molecular flexibility index (Phi) is 6.11. The van der Waals surface area contributed by atoms with Gasteiger partial charge in [-0.05, 0) is 50.6 Å². The first-order valence-corrected chi connectivity index (χ1v) is 8.04. The van der Waals surface area contributed by atoms with Gasteiger partial charge in [-0.15, -0.1) is 0 Å². The molecule has 0 heterocycles. The van der Waals surface area contributed by atoms with Crippen LogP contribution in [0.15, 0.2) is 36.4 Å². The number of carbonyl (C=O) groups excluding carboxylic acids is 3. The van der Waals surface area contributed by atoms with Crippen molar-refractivity contribution in [1.82, 2.24) is 0 Å². The van der Waals surface area contributed by atoms with Crippen LogP contribution >= 0.6 is 0 Å². The summed E-state index contributed by atoms with van der Waals surface area (Å²) in [5.41, 5.74) is 3.83. The summed E-state index contributed by atoms with van der Waals surface area (Å²) >= 11 is 0. The van der Waals surface area contributed by atoms with E-state index in [-0.39, 0.29) is 0 Å². The number of hydrogen-bond acceptors (Lipinski definition) is 5. The first-order valence-electron chi connectivity index (χ1n) is 8.04. The van der Waals surface area contributed by atoms with Crippen LogP contribution in [-0.2, 0) is 14.3 Å². The van der Waals surface area contributed by atoms with Crippen LogP contribution in [0, 0.1) is 20.8 Å². The van der Waals surface area contributed by atoms with E-state index in [0.29, 0.717) is 16.8 Å². The van der Waals surface area contributed by atoms with E-state index in [4.69, 9.17) is 4.74 Å². The zero-order valence-electron chi connectivity index (χ0n) is 15.2. The fourth-order valence-electron chi connectivity index (χ4n) is 2.49. The molecule has 0 bridgehead atoms. The Morgan fingerprint density at radius 3 is 2.15 bits per heavy atom. The zero-order valence-corrected chi connectivity index (χ0v) is 15.2. The van der Waals surface area contributed by atoms with Gasteiger partial charge < -0.3 is 14.8 Å². The summed E-state index contributed by atoms with van der Waals surface area (Å²) < 4.78 is 9.73. The van der Waals surface area contributed by atoms with E-state index in [1.807, 2.05) is 19.9 Å². The molecule has 0 aliphatic rings. The van der Waals surface area contributed by atoms with Gasteiger partial charge in [0.15, 0.2) is 6.61 Å². The average Bonchev–Trinajstić information content (AvgIpc) is 2.60. The molecule has 26 heavy (non-hydrogen) atoms. The van der Waals surface area contributed by atoms with Crippen molar-refractivity contribution in [3.8, 4) is 0 Å². The second kappa shape index (κ2) is 8.29. The lowest BCUT2D eigenvalue weighted by Crippen LogP contribution is -2.21. The van der Waals surface area contributed by atoms with Crippen LogP contribution < -0.4 is 5.32 Å². The molecule has 1 amide bonds. The molecule has 0 fully saturated rings. The number of rotatable bonds is 5. The molecule has 0 radical (unpaired) electrons. The van der Waals surface area contributed by atoms with E-state index in [2.05, 4.69) is 10.1 Å². The van der Waals surface area contributed by atoms with Crippen LogP contribution in [0.25, 0.3) is 0 Å². The molecule has 0 unspecified atom stereocenters. The minimum atomic E-state index is -0.563. The molecule has 2 aromatic rings. The maximum absolute atomic E-state index is 12.1. The number of hydrogen-bond donors (Lipinski definition) is 1. The summed E-state index contributed by atoms with van der Waals surface area (Å²) in [6, 6.07) is 10.2. The van der Waals surface area contributed by atoms with E-state index in [1.165, 1.54) is 13.2 Å². The molecule has 0 atom stereocenters. The molecule has 0 aromatic heterocycles. The second-order valence-corrected chi connectivity index (χ2v) is 6.02. The summed E-state index contributed by atoms with van der Waals surface area (Å²) in [6.45, 7) is 5.13. The van der Waals surface area contributed by atoms with Crippen LogP contribution in [0.2, 0.25) is 0 Å². The Labute approximate surface area is 152 Å². The molecule has 0 aliphatic heterocycles. The van der Waals surface area contributed by atoms with Gasteiger partial charge in [0, 0.05) is 5.69 Å². The molecule has 0 saturated heterocycles. The first-order chi connectivity index (χ1) is 12.3. The number of esters is 2. The number of ether oxygens (including phenoxy) is 2. The Hall–Kier alpha value is -3.15. The number of carbonyl (C=O) groups is 3. The van der Waals surface area contributed by atoms with Gasteiger partial charge in [0.25, 0.3) is 5.91 Å². The molecular formula is C20H21NO5. The number of anilines is 1. The molecule has 6 nitrogen and oxygen atoms in total. The van der Waals surface area contributed by atoms with Crippen LogP contribution in [0.5, 0.6) is 0 Å². The van der Waals surface area contributed by atoms with Crippen LogP contribution in [-0.4, -0.2) is 31.6 Å². The van der Waals surface area contributed by atoms with Crippen molar-refractivity contribution in [2.24, 2.45) is 0 Å². The summed E-state index contributed by atoms with van der Waals surface area (Å²) in [4.78, 5) is 35.8. The highest BCUT2D eigenvalue weighted by atomic mass is 16.5. The van der Waals surface area contributed by atoms with Gasteiger partial charge in [-0.1, -0.05) is 23.3 Å². The Bertz CT molecular complexity index is 837. The molecular weight excluding hydrogens is 334 g/mol. The summed E-state index contributed by atoms with van der Waals surface area (Å²) in [5, 5.41) is 2.64. The molecule has 2 rings (SSSR count). The second-order valence-electron chi connectivity index (χ2n) is 6.02. The topological polar surface area (TPSA) is 81.7 Å². The Morgan fingerprint density at radius 2 is 1.54 bits per heavy atom. The van der Waals surface area contributed by atoms with Crippen molar-refractivity contribution in [1.29, 1.82) is 0 Å². The molecule has 0 aliphatic carbocycles. The highest BCUT2D eigenvalue weighted by molar-refractivity contribution is 5.97. The highest BCUT2D eigenvalue weighted by Crippen LogP contribution is 2.17. The number of nitrogens with one attached hydrogen (secondary N) is 1. The highest BCUT2D eigenvalue weighted by Gasteiger charge is 2.13. The van der Waals surface area contributed by atoms with Crippen molar-refractivity contribution >= 4 is 23.5 Å². The van der Waals surface area contributed by atoms with Gasteiger partial charge in [-0.2, -0.15) is 0 Å². The average molecular weight is 355 g/mol. The third-order valence-electron chi connectivity index (χ3n) is 3.72. The smallest absolute Gasteiger partial charge is 0.338 e. The van der Waals surface area contributed by atoms with Crippen molar-refractivity contribution in [2.45, 2.75) is 20.8 Å². The minimum Gasteiger partial charge on any atom is -0.465 e. The summed E-state index contributed by atoms with van der Waals surface area (Å²) in [6.07, 6.45) is 0. The maximum Gasteiger partial charge on any atom is 0.338 e. The molecule has 0 saturated carbocycles. The van der Waals surface area contributed by atoms with E-state index in [0.717, 1.165) is 16.7 Å². The third-order valence-corrected chi connectivity index (χ3v) is 3.72. The lowest BCUT2D eigenvalue weighted by atomic mass is 10.1. The minimum absolute atomic E-state index is 0.320. The fraction of sp³-hybridized carbons (Fsp3) is 0.250. The molecule has 6 heteroatoms. The SMILES string of the molecule is COC(=O)c1ccc(C)c(NC(=O)COC(=O)c2cc(C)cc(C)c2)c1.